The first-order valence-corrected chi connectivity index (χ1v) is 8.49. The van der Waals surface area contributed by atoms with Gasteiger partial charge in [0, 0.05) is 31.8 Å². The molecule has 0 spiro atoms. The molecule has 2 fully saturated rings. The molecule has 0 bridgehead atoms. The van der Waals surface area contributed by atoms with Crippen molar-refractivity contribution in [1.29, 1.82) is 0 Å². The van der Waals surface area contributed by atoms with E-state index >= 15 is 0 Å². The first kappa shape index (κ1) is 14.6. The maximum absolute atomic E-state index is 13.2. The Hall–Kier alpha value is -1.32. The third-order valence-corrected chi connectivity index (χ3v) is 5.36. The van der Waals surface area contributed by atoms with Gasteiger partial charge in [0.2, 0.25) is 11.8 Å². The number of hydrogen-bond donors (Lipinski definition) is 0. The summed E-state index contributed by atoms with van der Waals surface area (Å²) in [5.74, 6) is 0.479. The van der Waals surface area contributed by atoms with Crippen LogP contribution in [-0.4, -0.2) is 41.2 Å². The summed E-state index contributed by atoms with van der Waals surface area (Å²) in [5.41, 5.74) is 0.613. The molecule has 116 valence electrons. The number of allylic oxidation sites excluding steroid dienone is 1. The zero-order valence-electron chi connectivity index (χ0n) is 13.1. The average Bonchev–Trinajstić information content (AvgIpc) is 2.55. The summed E-state index contributed by atoms with van der Waals surface area (Å²) in [6.07, 6.45) is 9.84. The molecule has 4 heteroatoms. The highest BCUT2D eigenvalue weighted by molar-refractivity contribution is 5.91. The van der Waals surface area contributed by atoms with E-state index in [1.54, 1.807) is 0 Å². The van der Waals surface area contributed by atoms with E-state index in [-0.39, 0.29) is 5.91 Å². The number of amides is 2. The fourth-order valence-corrected chi connectivity index (χ4v) is 4.25. The van der Waals surface area contributed by atoms with E-state index < -0.39 is 5.41 Å². The number of carbonyl (C=O) groups is 2. The molecule has 0 radical (unpaired) electrons. The summed E-state index contributed by atoms with van der Waals surface area (Å²) in [6, 6.07) is 0. The molecular formula is C17H26N2O2. The summed E-state index contributed by atoms with van der Waals surface area (Å²) in [7, 11) is 0. The summed E-state index contributed by atoms with van der Waals surface area (Å²) in [4.78, 5) is 29.3. The number of likely N-dealkylation sites (tertiary alicyclic amines) is 2. The second-order valence-corrected chi connectivity index (χ2v) is 6.55. The van der Waals surface area contributed by atoms with Crippen LogP contribution in [0.4, 0.5) is 0 Å². The van der Waals surface area contributed by atoms with E-state index in [9.17, 15) is 9.59 Å². The van der Waals surface area contributed by atoms with Gasteiger partial charge in [-0.25, -0.2) is 0 Å². The molecule has 2 saturated heterocycles. The first-order valence-electron chi connectivity index (χ1n) is 8.49. The topological polar surface area (TPSA) is 40.6 Å². The van der Waals surface area contributed by atoms with E-state index in [4.69, 9.17) is 0 Å². The van der Waals surface area contributed by atoms with Gasteiger partial charge in [0.05, 0.1) is 5.41 Å². The molecule has 1 atom stereocenters. The van der Waals surface area contributed by atoms with Gasteiger partial charge in [0.1, 0.15) is 0 Å². The van der Waals surface area contributed by atoms with Crippen molar-refractivity contribution in [2.75, 3.05) is 19.6 Å². The zero-order valence-corrected chi connectivity index (χ0v) is 13.1. The Bertz CT molecular complexity index is 465. The second kappa shape index (κ2) is 5.82. The largest absolute Gasteiger partial charge is 0.342 e. The number of hydrogen-bond acceptors (Lipinski definition) is 2. The van der Waals surface area contributed by atoms with E-state index in [1.807, 2.05) is 11.8 Å². The predicted molar refractivity (Wildman–Crippen MR) is 81.4 cm³/mol. The maximum atomic E-state index is 13.2. The van der Waals surface area contributed by atoms with E-state index in [0.29, 0.717) is 25.3 Å². The SMILES string of the molecule is CCN1C(=O)CCC2(C(=O)N3CCCCC3)CCCC=C12. The van der Waals surface area contributed by atoms with Gasteiger partial charge >= 0.3 is 0 Å². The number of piperidine rings is 2. The van der Waals surface area contributed by atoms with Crippen LogP contribution < -0.4 is 0 Å². The lowest BCUT2D eigenvalue weighted by atomic mass is 9.68. The van der Waals surface area contributed by atoms with Gasteiger partial charge in [-0.2, -0.15) is 0 Å². The van der Waals surface area contributed by atoms with Crippen molar-refractivity contribution in [3.63, 3.8) is 0 Å². The van der Waals surface area contributed by atoms with Gasteiger partial charge in [-0.1, -0.05) is 6.08 Å². The van der Waals surface area contributed by atoms with Gasteiger partial charge in [-0.15, -0.1) is 0 Å². The smallest absolute Gasteiger partial charge is 0.234 e. The molecule has 2 aliphatic heterocycles. The van der Waals surface area contributed by atoms with Crippen molar-refractivity contribution in [2.45, 2.75) is 58.3 Å². The van der Waals surface area contributed by atoms with E-state index in [1.165, 1.54) is 6.42 Å². The summed E-state index contributed by atoms with van der Waals surface area (Å²) in [6.45, 7) is 4.48. The molecule has 1 aliphatic carbocycles. The summed E-state index contributed by atoms with van der Waals surface area (Å²) in [5, 5.41) is 0. The van der Waals surface area contributed by atoms with Gasteiger partial charge in [0.25, 0.3) is 0 Å². The van der Waals surface area contributed by atoms with Crippen LogP contribution >= 0.6 is 0 Å². The lowest BCUT2D eigenvalue weighted by Gasteiger charge is -2.48. The van der Waals surface area contributed by atoms with Gasteiger partial charge in [-0.3, -0.25) is 9.59 Å². The monoisotopic (exact) mass is 290 g/mol. The lowest BCUT2D eigenvalue weighted by Crippen LogP contribution is -2.54. The standard InChI is InChI=1S/C17H26N2O2/c1-2-19-14-8-4-5-10-17(14,11-9-15(19)20)16(21)18-12-6-3-7-13-18/h8H,2-7,9-13H2,1H3. The van der Waals surface area contributed by atoms with Crippen molar-refractivity contribution >= 4 is 11.8 Å². The van der Waals surface area contributed by atoms with E-state index in [0.717, 1.165) is 50.9 Å². The maximum Gasteiger partial charge on any atom is 0.234 e. The van der Waals surface area contributed by atoms with Gasteiger partial charge in [0.15, 0.2) is 0 Å². The molecule has 3 aliphatic rings. The Labute approximate surface area is 127 Å². The highest BCUT2D eigenvalue weighted by Crippen LogP contribution is 2.48. The molecular weight excluding hydrogens is 264 g/mol. The van der Waals surface area contributed by atoms with Crippen molar-refractivity contribution < 1.29 is 9.59 Å². The average molecular weight is 290 g/mol. The first-order chi connectivity index (χ1) is 10.2. The Morgan fingerprint density at radius 1 is 1.19 bits per heavy atom. The minimum atomic E-state index is -0.403. The van der Waals surface area contributed by atoms with Crippen molar-refractivity contribution in [2.24, 2.45) is 5.41 Å². The van der Waals surface area contributed by atoms with Gasteiger partial charge < -0.3 is 9.80 Å². The molecule has 0 N–H and O–H groups in total. The van der Waals surface area contributed by atoms with Crippen LogP contribution in [0.15, 0.2) is 11.8 Å². The van der Waals surface area contributed by atoms with Crippen LogP contribution in [0, 0.1) is 5.41 Å². The van der Waals surface area contributed by atoms with E-state index in [2.05, 4.69) is 11.0 Å². The highest BCUT2D eigenvalue weighted by Gasteiger charge is 2.50. The highest BCUT2D eigenvalue weighted by atomic mass is 16.2. The Balaban J connectivity index is 1.92. The molecule has 0 aromatic heterocycles. The Morgan fingerprint density at radius 2 is 1.95 bits per heavy atom. The summed E-state index contributed by atoms with van der Waals surface area (Å²) < 4.78 is 0. The van der Waals surface area contributed by atoms with Crippen molar-refractivity contribution in [3.8, 4) is 0 Å². The van der Waals surface area contributed by atoms with Crippen LogP contribution in [0.1, 0.15) is 58.3 Å². The molecule has 1 unspecified atom stereocenters. The molecule has 4 nitrogen and oxygen atoms in total. The second-order valence-electron chi connectivity index (χ2n) is 6.55. The van der Waals surface area contributed by atoms with Crippen LogP contribution in [0.3, 0.4) is 0 Å². The quantitative estimate of drug-likeness (QED) is 0.784. The molecule has 3 rings (SSSR count). The molecule has 0 aromatic rings. The zero-order chi connectivity index (χ0) is 14.9. The Morgan fingerprint density at radius 3 is 2.67 bits per heavy atom. The molecule has 0 aromatic carbocycles. The number of rotatable bonds is 2. The summed E-state index contributed by atoms with van der Waals surface area (Å²) >= 11 is 0. The van der Waals surface area contributed by atoms with Crippen LogP contribution in [-0.2, 0) is 9.59 Å². The molecule has 21 heavy (non-hydrogen) atoms. The fourth-order valence-electron chi connectivity index (χ4n) is 4.25. The number of nitrogens with zero attached hydrogens (tertiary/aromatic N) is 2. The third kappa shape index (κ3) is 2.39. The molecule has 0 saturated carbocycles. The minimum Gasteiger partial charge on any atom is -0.342 e. The fraction of sp³-hybridized carbons (Fsp3) is 0.765. The minimum absolute atomic E-state index is 0.188. The lowest BCUT2D eigenvalue weighted by molar-refractivity contribution is -0.148. The predicted octanol–water partition coefficient (Wildman–Crippen LogP) is 2.70. The van der Waals surface area contributed by atoms with Crippen LogP contribution in [0.5, 0.6) is 0 Å². The van der Waals surface area contributed by atoms with Gasteiger partial charge in [-0.05, 0) is 51.9 Å². The number of carbonyl (C=O) groups excluding carboxylic acids is 2. The molecule has 2 amide bonds. The van der Waals surface area contributed by atoms with Crippen molar-refractivity contribution in [1.82, 2.24) is 9.80 Å². The Kier molecular flexibility index (Phi) is 4.05. The molecule has 2 heterocycles. The van der Waals surface area contributed by atoms with Crippen LogP contribution in [0.2, 0.25) is 0 Å². The number of fused-ring (bicyclic) bond motifs is 1. The van der Waals surface area contributed by atoms with Crippen LogP contribution in [0.25, 0.3) is 0 Å². The van der Waals surface area contributed by atoms with Crippen molar-refractivity contribution in [3.05, 3.63) is 11.8 Å². The third-order valence-electron chi connectivity index (χ3n) is 5.36. The normalized spacial score (nSPS) is 30.0.